The van der Waals surface area contributed by atoms with E-state index in [9.17, 15) is 14.3 Å². The topological polar surface area (TPSA) is 91.8 Å². The van der Waals surface area contributed by atoms with E-state index in [0.717, 1.165) is 0 Å². The quantitative estimate of drug-likeness (QED) is 0.435. The van der Waals surface area contributed by atoms with Gasteiger partial charge in [0.2, 0.25) is 5.78 Å². The molecule has 0 aliphatic heterocycles. The molecule has 0 aliphatic rings. The molecule has 2 aromatic heterocycles. The van der Waals surface area contributed by atoms with Gasteiger partial charge in [0.15, 0.2) is 11.5 Å². The van der Waals surface area contributed by atoms with Gasteiger partial charge in [-0.05, 0) is 23.6 Å². The van der Waals surface area contributed by atoms with Gasteiger partial charge in [-0.2, -0.15) is 0 Å². The number of H-pyrrole nitrogens is 1. The summed E-state index contributed by atoms with van der Waals surface area (Å²) in [6.07, 6.45) is 8.22. The number of phenols is 1. The molecule has 25 heavy (non-hydrogen) atoms. The molecular formula is C18H9FN4O2. The normalized spacial score (nSPS) is 10.9. The summed E-state index contributed by atoms with van der Waals surface area (Å²) in [6, 6.07) is 5.30. The molecule has 2 heterocycles. The van der Waals surface area contributed by atoms with Gasteiger partial charge in [-0.15, -0.1) is 6.42 Å². The Morgan fingerprint density at radius 1 is 1.32 bits per heavy atom. The highest BCUT2D eigenvalue weighted by molar-refractivity contribution is 6.17. The monoisotopic (exact) mass is 332 g/mol. The summed E-state index contributed by atoms with van der Waals surface area (Å²) < 4.78 is 14.1. The van der Waals surface area contributed by atoms with E-state index in [1.165, 1.54) is 36.8 Å². The number of aromatic amines is 1. The highest BCUT2D eigenvalue weighted by Crippen LogP contribution is 2.30. The SMILES string of the molecule is C#Cc1c(F)ccc2cc(O)cc(C(=O)c3nc4ncncc4[nH]3)c12. The number of rotatable bonds is 2. The average Bonchev–Trinajstić information content (AvgIpc) is 3.05. The van der Waals surface area contributed by atoms with Crippen molar-refractivity contribution >= 4 is 27.7 Å². The van der Waals surface area contributed by atoms with Crippen LogP contribution >= 0.6 is 0 Å². The molecule has 0 unspecified atom stereocenters. The summed E-state index contributed by atoms with van der Waals surface area (Å²) >= 11 is 0. The number of phenolic OH excluding ortho intramolecular Hbond substituents is 1. The fraction of sp³-hybridized carbons (Fsp3) is 0. The molecule has 0 spiro atoms. The number of aromatic nitrogens is 4. The molecule has 4 rings (SSSR count). The summed E-state index contributed by atoms with van der Waals surface area (Å²) in [5, 5.41) is 10.6. The largest absolute Gasteiger partial charge is 0.508 e. The molecular weight excluding hydrogens is 323 g/mol. The Hall–Kier alpha value is -3.79. The molecule has 4 aromatic rings. The van der Waals surface area contributed by atoms with Crippen molar-refractivity contribution in [1.82, 2.24) is 19.9 Å². The van der Waals surface area contributed by atoms with Crippen molar-refractivity contribution in [3.05, 3.63) is 59.6 Å². The molecule has 120 valence electrons. The average molecular weight is 332 g/mol. The Labute approximate surface area is 140 Å². The number of hydrogen-bond donors (Lipinski definition) is 2. The van der Waals surface area contributed by atoms with Crippen LogP contribution in [0.25, 0.3) is 21.9 Å². The Balaban J connectivity index is 2.01. The van der Waals surface area contributed by atoms with Gasteiger partial charge in [0.25, 0.3) is 0 Å². The first kappa shape index (κ1) is 14.8. The predicted molar refractivity (Wildman–Crippen MR) is 88.6 cm³/mol. The van der Waals surface area contributed by atoms with Gasteiger partial charge in [-0.1, -0.05) is 12.0 Å². The van der Waals surface area contributed by atoms with Crippen molar-refractivity contribution in [2.45, 2.75) is 0 Å². The number of nitrogens with one attached hydrogen (secondary N) is 1. The maximum Gasteiger partial charge on any atom is 0.229 e. The van der Waals surface area contributed by atoms with Gasteiger partial charge in [-0.3, -0.25) is 4.79 Å². The van der Waals surface area contributed by atoms with Gasteiger partial charge < -0.3 is 10.1 Å². The van der Waals surface area contributed by atoms with Crippen LogP contribution in [0.1, 0.15) is 21.7 Å². The first-order chi connectivity index (χ1) is 12.1. The van der Waals surface area contributed by atoms with E-state index in [4.69, 9.17) is 6.42 Å². The van der Waals surface area contributed by atoms with Gasteiger partial charge >= 0.3 is 0 Å². The second-order valence-corrected chi connectivity index (χ2v) is 5.33. The zero-order chi connectivity index (χ0) is 17.6. The molecule has 0 saturated heterocycles. The first-order valence-corrected chi connectivity index (χ1v) is 7.20. The van der Waals surface area contributed by atoms with Crippen LogP contribution in [-0.2, 0) is 0 Å². The van der Waals surface area contributed by atoms with Crippen LogP contribution in [0.5, 0.6) is 5.75 Å². The molecule has 0 bridgehead atoms. The fourth-order valence-corrected chi connectivity index (χ4v) is 2.74. The van der Waals surface area contributed by atoms with E-state index >= 15 is 0 Å². The second kappa shape index (κ2) is 5.39. The molecule has 7 heteroatoms. The van der Waals surface area contributed by atoms with Gasteiger partial charge in [0.1, 0.15) is 23.4 Å². The molecule has 6 nitrogen and oxygen atoms in total. The standard InChI is InChI=1S/C18H9FN4O2/c1-2-11-13(19)4-3-9-5-10(24)6-12(15(9)11)16(25)18-22-14-7-20-8-21-17(14)23-18/h1,3-8,24H,(H,20,21,22,23). The van der Waals surface area contributed by atoms with Crippen LogP contribution in [-0.4, -0.2) is 30.8 Å². The van der Waals surface area contributed by atoms with Crippen molar-refractivity contribution in [2.24, 2.45) is 0 Å². The highest BCUT2D eigenvalue weighted by atomic mass is 19.1. The van der Waals surface area contributed by atoms with Crippen LogP contribution in [0.2, 0.25) is 0 Å². The third-order valence-corrected chi connectivity index (χ3v) is 3.82. The van der Waals surface area contributed by atoms with Gasteiger partial charge in [0.05, 0.1) is 11.8 Å². The van der Waals surface area contributed by atoms with Crippen LogP contribution < -0.4 is 0 Å². The van der Waals surface area contributed by atoms with Crippen molar-refractivity contribution < 1.29 is 14.3 Å². The molecule has 0 aliphatic carbocycles. The molecule has 0 amide bonds. The number of aromatic hydroxyl groups is 1. The molecule has 0 atom stereocenters. The fourth-order valence-electron chi connectivity index (χ4n) is 2.74. The summed E-state index contributed by atoms with van der Waals surface area (Å²) in [5.41, 5.74) is 0.816. The number of carbonyl (C=O) groups is 1. The number of imidazole rings is 1. The number of ketones is 1. The lowest BCUT2D eigenvalue weighted by Crippen LogP contribution is -2.06. The van der Waals surface area contributed by atoms with Crippen LogP contribution in [0.3, 0.4) is 0 Å². The lowest BCUT2D eigenvalue weighted by molar-refractivity contribution is 0.103. The maximum absolute atomic E-state index is 14.1. The van der Waals surface area contributed by atoms with Gasteiger partial charge in [0, 0.05) is 10.9 Å². The van der Waals surface area contributed by atoms with Crippen molar-refractivity contribution in [1.29, 1.82) is 0 Å². The number of halogens is 1. The van der Waals surface area contributed by atoms with Crippen LogP contribution in [0.15, 0.2) is 36.8 Å². The maximum atomic E-state index is 14.1. The van der Waals surface area contributed by atoms with Crippen molar-refractivity contribution in [3.8, 4) is 18.1 Å². The predicted octanol–water partition coefficient (Wildman–Crippen LogP) is 2.56. The highest BCUT2D eigenvalue weighted by Gasteiger charge is 2.21. The molecule has 2 N–H and O–H groups in total. The Kier molecular flexibility index (Phi) is 3.18. The van der Waals surface area contributed by atoms with E-state index in [1.807, 2.05) is 0 Å². The van der Waals surface area contributed by atoms with Crippen molar-refractivity contribution in [2.75, 3.05) is 0 Å². The van der Waals surface area contributed by atoms with E-state index in [2.05, 4.69) is 25.9 Å². The van der Waals surface area contributed by atoms with E-state index < -0.39 is 11.6 Å². The number of benzene rings is 2. The summed E-state index contributed by atoms with van der Waals surface area (Å²) in [5.74, 6) is 0.966. The van der Waals surface area contributed by atoms with Crippen LogP contribution in [0, 0.1) is 18.2 Å². The minimum atomic E-state index is -0.620. The summed E-state index contributed by atoms with van der Waals surface area (Å²) in [6.45, 7) is 0. The molecule has 0 fully saturated rings. The first-order valence-electron chi connectivity index (χ1n) is 7.20. The van der Waals surface area contributed by atoms with E-state index in [1.54, 1.807) is 0 Å². The number of terminal acetylenes is 1. The lowest BCUT2D eigenvalue weighted by atomic mass is 9.96. The smallest absolute Gasteiger partial charge is 0.229 e. The summed E-state index contributed by atoms with van der Waals surface area (Å²) in [7, 11) is 0. The molecule has 0 radical (unpaired) electrons. The number of carbonyl (C=O) groups excluding carboxylic acids is 1. The molecule has 0 saturated carbocycles. The zero-order valence-electron chi connectivity index (χ0n) is 12.6. The number of nitrogens with zero attached hydrogens (tertiary/aromatic N) is 3. The Morgan fingerprint density at radius 2 is 2.16 bits per heavy atom. The third kappa shape index (κ3) is 2.28. The number of fused-ring (bicyclic) bond motifs is 2. The Morgan fingerprint density at radius 3 is 2.92 bits per heavy atom. The Bertz CT molecular complexity index is 1170. The summed E-state index contributed by atoms with van der Waals surface area (Å²) in [4.78, 5) is 27.7. The van der Waals surface area contributed by atoms with Gasteiger partial charge in [-0.25, -0.2) is 19.3 Å². The second-order valence-electron chi connectivity index (χ2n) is 5.33. The van der Waals surface area contributed by atoms with E-state index in [0.29, 0.717) is 16.6 Å². The number of hydrogen-bond acceptors (Lipinski definition) is 5. The molecule has 2 aromatic carbocycles. The minimum absolute atomic E-state index is 0.00497. The minimum Gasteiger partial charge on any atom is -0.508 e. The third-order valence-electron chi connectivity index (χ3n) is 3.82. The lowest BCUT2D eigenvalue weighted by Gasteiger charge is -2.09. The zero-order valence-corrected chi connectivity index (χ0v) is 12.6. The van der Waals surface area contributed by atoms with Crippen molar-refractivity contribution in [3.63, 3.8) is 0 Å². The van der Waals surface area contributed by atoms with E-state index in [-0.39, 0.29) is 28.1 Å². The van der Waals surface area contributed by atoms with Crippen LogP contribution in [0.4, 0.5) is 4.39 Å².